The number of ether oxygens (including phenoxy) is 5. The van der Waals surface area contributed by atoms with Crippen LogP contribution in [0.5, 0.6) is 5.75 Å². The highest BCUT2D eigenvalue weighted by atomic mass is 32.2. The van der Waals surface area contributed by atoms with Gasteiger partial charge in [0.25, 0.3) is 32.1 Å². The highest BCUT2D eigenvalue weighted by Crippen LogP contribution is 2.46. The van der Waals surface area contributed by atoms with Gasteiger partial charge in [-0.1, -0.05) is 11.2 Å². The minimum Gasteiger partial charge on any atom is -0.491 e. The first kappa shape index (κ1) is 55.2. The van der Waals surface area contributed by atoms with Gasteiger partial charge in [-0.3, -0.25) is 28.9 Å². The molecule has 5 rings (SSSR count). The Bertz CT molecular complexity index is 3140. The molecule has 3 aromatic carbocycles. The summed E-state index contributed by atoms with van der Waals surface area (Å²) in [6.07, 6.45) is -1.06. The first-order chi connectivity index (χ1) is 34.2. The van der Waals surface area contributed by atoms with Crippen molar-refractivity contribution in [2.24, 2.45) is 5.11 Å². The first-order valence-corrected chi connectivity index (χ1v) is 23.9. The molecule has 1 aliphatic heterocycles. The van der Waals surface area contributed by atoms with Gasteiger partial charge in [0.15, 0.2) is 27.4 Å². The van der Waals surface area contributed by atoms with Gasteiger partial charge < -0.3 is 60.0 Å². The lowest BCUT2D eigenvalue weighted by molar-refractivity contribution is -0.143. The van der Waals surface area contributed by atoms with Gasteiger partial charge in [0.05, 0.1) is 56.2 Å². The molecule has 1 aliphatic carbocycles. The number of nitrogen functional groups attached to an aromatic ring is 1. The summed E-state index contributed by atoms with van der Waals surface area (Å²) in [5.41, 5.74) is 12.4. The van der Waals surface area contributed by atoms with E-state index in [0.717, 1.165) is 30.3 Å². The number of carbonyl (C=O) groups is 5. The van der Waals surface area contributed by atoms with Crippen molar-refractivity contribution in [2.45, 2.75) is 22.4 Å². The highest BCUT2D eigenvalue weighted by molar-refractivity contribution is 7.86. The van der Waals surface area contributed by atoms with Gasteiger partial charge in [-0.05, 0) is 71.8 Å². The van der Waals surface area contributed by atoms with Crippen LogP contribution < -0.4 is 31.8 Å². The Hall–Kier alpha value is -7.73. The van der Waals surface area contributed by atoms with E-state index >= 15 is 0 Å². The number of nitrogens with two attached hydrogens (primary N) is 1. The Morgan fingerprint density at radius 2 is 1.43 bits per heavy atom. The normalized spacial score (nSPS) is 11.9. The molecule has 2 aliphatic rings. The number of benzene rings is 4. The molecule has 0 radical (unpaired) electrons. The lowest BCUT2D eigenvalue weighted by Crippen LogP contribution is -2.35. The summed E-state index contributed by atoms with van der Waals surface area (Å²) in [6.45, 7) is -0.503. The second kappa shape index (κ2) is 25.4. The van der Waals surface area contributed by atoms with E-state index in [1.165, 1.54) is 24.3 Å². The number of fused-ring (bicyclic) bond motifs is 2. The average Bonchev–Trinajstić information content (AvgIpc) is 3.31. The molecule has 1 unspecified atom stereocenters. The zero-order valence-corrected chi connectivity index (χ0v) is 39.2. The van der Waals surface area contributed by atoms with E-state index < -0.39 is 94.6 Å². The van der Waals surface area contributed by atoms with Crippen molar-refractivity contribution < 1.29 is 88.2 Å². The Morgan fingerprint density at radius 1 is 0.764 bits per heavy atom. The van der Waals surface area contributed by atoms with Crippen LogP contribution in [-0.2, 0) is 48.8 Å². The summed E-state index contributed by atoms with van der Waals surface area (Å²) in [4.78, 5) is 61.9. The molecule has 0 spiro atoms. The van der Waals surface area contributed by atoms with Gasteiger partial charge in [-0.15, -0.1) is 0 Å². The number of carboxylic acid groups (broad SMARTS) is 2. The predicted molar refractivity (Wildman–Crippen MR) is 248 cm³/mol. The fourth-order valence-corrected chi connectivity index (χ4v) is 8.22. The predicted octanol–water partition coefficient (Wildman–Crippen LogP) is 2.29. The van der Waals surface area contributed by atoms with Crippen molar-refractivity contribution in [3.8, 4) is 28.2 Å². The lowest BCUT2D eigenvalue weighted by Gasteiger charge is -2.20. The van der Waals surface area contributed by atoms with Crippen LogP contribution >= 0.6 is 0 Å². The van der Waals surface area contributed by atoms with Crippen LogP contribution in [0.15, 0.2) is 86.1 Å². The number of anilines is 1. The summed E-state index contributed by atoms with van der Waals surface area (Å²) in [5.74, 6) is -4.70. The third-order valence-corrected chi connectivity index (χ3v) is 11.7. The maximum Gasteiger partial charge on any atom is 0.336 e. The Balaban J connectivity index is 1.07. The number of amides is 3. The molecule has 27 nitrogen and oxygen atoms in total. The van der Waals surface area contributed by atoms with Crippen molar-refractivity contribution in [3.63, 3.8) is 0 Å². The molecule has 1 heterocycles. The van der Waals surface area contributed by atoms with E-state index in [1.807, 2.05) is 0 Å². The number of aliphatic carboxylic acids is 1. The van der Waals surface area contributed by atoms with E-state index in [0.29, 0.717) is 0 Å². The molecule has 29 heteroatoms. The highest BCUT2D eigenvalue weighted by Gasteiger charge is 2.32. The molecule has 384 valence electrons. The average molecular weight is 1040 g/mol. The number of carboxylic acids is 2. The number of aromatic carboxylic acids is 1. The number of nitrogens with one attached hydrogen (secondary N) is 4. The van der Waals surface area contributed by atoms with Crippen LogP contribution in [0.3, 0.4) is 0 Å². The minimum atomic E-state index is -5.25. The maximum absolute atomic E-state index is 13.3. The number of azide groups is 1. The van der Waals surface area contributed by atoms with Crippen LogP contribution in [-0.4, -0.2) is 145 Å². The van der Waals surface area contributed by atoms with Crippen molar-refractivity contribution in [2.75, 3.05) is 78.2 Å². The summed E-state index contributed by atoms with van der Waals surface area (Å²) in [6, 6.07) is 13.9. The van der Waals surface area contributed by atoms with Crippen LogP contribution in [0.25, 0.3) is 43.9 Å². The van der Waals surface area contributed by atoms with Crippen molar-refractivity contribution in [1.82, 2.24) is 16.0 Å². The molecule has 0 bridgehead atoms. The molecule has 1 atom stereocenters. The number of hydrogen-bond donors (Lipinski definition) is 9. The third-order valence-electron chi connectivity index (χ3n) is 9.84. The zero-order chi connectivity index (χ0) is 52.6. The van der Waals surface area contributed by atoms with E-state index in [4.69, 9.17) is 49.9 Å². The number of carbonyl (C=O) groups excluding carboxylic acids is 3. The fourth-order valence-electron chi connectivity index (χ4n) is 6.74. The Morgan fingerprint density at radius 3 is 2.11 bits per heavy atom. The second-order valence-electron chi connectivity index (χ2n) is 14.8. The number of hydrogen-bond acceptors (Lipinski definition) is 18. The van der Waals surface area contributed by atoms with E-state index in [9.17, 15) is 55.0 Å². The van der Waals surface area contributed by atoms with Crippen LogP contribution in [0.1, 0.15) is 37.5 Å². The third kappa shape index (κ3) is 15.1. The van der Waals surface area contributed by atoms with E-state index in [2.05, 4.69) is 26.0 Å². The van der Waals surface area contributed by atoms with Crippen LogP contribution in [0, 0.1) is 5.41 Å². The van der Waals surface area contributed by atoms with E-state index in [1.54, 1.807) is 12.1 Å². The molecule has 3 amide bonds. The maximum atomic E-state index is 13.3. The molecule has 0 fully saturated rings. The van der Waals surface area contributed by atoms with Gasteiger partial charge in [-0.25, -0.2) is 9.59 Å². The van der Waals surface area contributed by atoms with Crippen molar-refractivity contribution in [1.29, 1.82) is 5.41 Å². The molecular formula is C43H46N8O19S2. The minimum absolute atomic E-state index is 0.00594. The van der Waals surface area contributed by atoms with Crippen molar-refractivity contribution >= 4 is 66.6 Å². The molecule has 10 N–H and O–H groups in total. The van der Waals surface area contributed by atoms with Crippen molar-refractivity contribution in [3.05, 3.63) is 99.2 Å². The van der Waals surface area contributed by atoms with E-state index in [-0.39, 0.29) is 117 Å². The molecule has 72 heavy (non-hydrogen) atoms. The van der Waals surface area contributed by atoms with Gasteiger partial charge in [0.1, 0.15) is 19.0 Å². The lowest BCUT2D eigenvalue weighted by atomic mass is 9.89. The van der Waals surface area contributed by atoms with Gasteiger partial charge in [-0.2, -0.15) is 16.8 Å². The van der Waals surface area contributed by atoms with Crippen LogP contribution in [0.2, 0.25) is 0 Å². The number of rotatable bonds is 28. The zero-order valence-electron chi connectivity index (χ0n) is 37.6. The Labute approximate surface area is 408 Å². The van der Waals surface area contributed by atoms with Gasteiger partial charge in [0.2, 0.25) is 5.91 Å². The smallest absolute Gasteiger partial charge is 0.336 e. The summed E-state index contributed by atoms with van der Waals surface area (Å²) in [5, 5.41) is 37.3. The number of nitrogens with zero attached hydrogens (tertiary/aromatic N) is 3. The largest absolute Gasteiger partial charge is 0.491 e. The SMILES string of the molecule is [N-]=[N+]=NC(COc1cccc(C(=O)NCCNC(=O)CCOCCOCCNC(=O)c2ccc(C(=O)O)c(-c3c4ccc(=N)c(S(=O)(=O)O)c-4oc4c(S(=O)(=O)O)c(N)ccc34)c2)c1)OCCOCC(=O)O. The second-order valence-corrected chi connectivity index (χ2v) is 17.5. The standard InChI is InChI=1S/C43H46N8O19S2/c44-31-8-6-28-36(29-7-9-32(45)40(72(62,63)64)38(29)70-37(28)39(31)71(59,60)61)30-21-25(4-5-27(30)43(57)58)42(56)49-13-15-66-17-16-65-14-10-33(52)47-11-12-48-41(55)24-2-1-3-26(20-24)69-22-34(50-51-46)68-19-18-67-23-35(53)54/h1-9,20-21,34,44H,10-19,22-23,45H2,(H,47,52)(H,48,55)(H,49,56)(H,53,54)(H,57,58)(H,59,60,61)(H,62,63,64). The molecule has 0 aromatic heterocycles. The molecule has 0 saturated carbocycles. The monoisotopic (exact) mass is 1040 g/mol. The van der Waals surface area contributed by atoms with Gasteiger partial charge in [0, 0.05) is 58.6 Å². The van der Waals surface area contributed by atoms with Gasteiger partial charge >= 0.3 is 11.9 Å². The van der Waals surface area contributed by atoms with Crippen LogP contribution in [0.4, 0.5) is 5.69 Å². The summed E-state index contributed by atoms with van der Waals surface area (Å²) >= 11 is 0. The Kier molecular flexibility index (Phi) is 19.5. The topological polar surface area (TPSA) is 429 Å². The molecule has 0 saturated heterocycles. The molecule has 3 aromatic rings. The fraction of sp³-hybridized carbons (Fsp3) is 0.302. The quantitative estimate of drug-likeness (QED) is 0.00660. The first-order valence-electron chi connectivity index (χ1n) is 21.1. The molecular weight excluding hydrogens is 997 g/mol. The summed E-state index contributed by atoms with van der Waals surface area (Å²) < 4.78 is 103. The summed E-state index contributed by atoms with van der Waals surface area (Å²) in [7, 11) is -10.5.